The summed E-state index contributed by atoms with van der Waals surface area (Å²) >= 11 is 6.31. The number of amides is 2. The van der Waals surface area contributed by atoms with E-state index in [1.807, 2.05) is 44.2 Å². The van der Waals surface area contributed by atoms with Crippen molar-refractivity contribution in [3.05, 3.63) is 64.7 Å². The maximum Gasteiger partial charge on any atom is 0.255 e. The lowest BCUT2D eigenvalue weighted by atomic mass is 9.88. The van der Waals surface area contributed by atoms with Gasteiger partial charge in [-0.1, -0.05) is 48.9 Å². The summed E-state index contributed by atoms with van der Waals surface area (Å²) < 4.78 is 0. The molecular formula is C22H26ClN3O2. The smallest absolute Gasteiger partial charge is 0.255 e. The summed E-state index contributed by atoms with van der Waals surface area (Å²) in [5.74, 6) is 0.0868. The SMILES string of the molecule is CCN(Cc1ccccc1)C(=O)c1cc(NC(=O)C(C)C2CNC2)ccc1Cl. The molecular weight excluding hydrogens is 374 g/mol. The molecule has 1 unspecified atom stereocenters. The lowest BCUT2D eigenvalue weighted by Gasteiger charge is -2.31. The predicted octanol–water partition coefficient (Wildman–Crippen LogP) is 3.80. The second kappa shape index (κ2) is 9.22. The van der Waals surface area contributed by atoms with Gasteiger partial charge in [-0.3, -0.25) is 9.59 Å². The van der Waals surface area contributed by atoms with Crippen LogP contribution in [0.3, 0.4) is 0 Å². The number of benzene rings is 2. The van der Waals surface area contributed by atoms with Crippen LogP contribution in [0.15, 0.2) is 48.5 Å². The molecule has 2 amide bonds. The van der Waals surface area contributed by atoms with E-state index in [4.69, 9.17) is 11.6 Å². The van der Waals surface area contributed by atoms with Crippen LogP contribution in [0.5, 0.6) is 0 Å². The van der Waals surface area contributed by atoms with Crippen molar-refractivity contribution in [2.24, 2.45) is 11.8 Å². The summed E-state index contributed by atoms with van der Waals surface area (Å²) in [6.07, 6.45) is 0. The number of halogens is 1. The Morgan fingerprint density at radius 3 is 2.54 bits per heavy atom. The number of rotatable bonds is 7. The molecule has 1 heterocycles. The highest BCUT2D eigenvalue weighted by molar-refractivity contribution is 6.34. The molecule has 0 bridgehead atoms. The highest BCUT2D eigenvalue weighted by atomic mass is 35.5. The van der Waals surface area contributed by atoms with E-state index in [0.29, 0.717) is 35.3 Å². The second-order valence-corrected chi connectivity index (χ2v) is 7.60. The van der Waals surface area contributed by atoms with E-state index in [9.17, 15) is 9.59 Å². The first kappa shape index (κ1) is 20.4. The van der Waals surface area contributed by atoms with E-state index in [1.165, 1.54) is 0 Å². The zero-order valence-corrected chi connectivity index (χ0v) is 17.0. The van der Waals surface area contributed by atoms with Crippen molar-refractivity contribution in [2.75, 3.05) is 25.0 Å². The topological polar surface area (TPSA) is 61.4 Å². The minimum Gasteiger partial charge on any atom is -0.335 e. The second-order valence-electron chi connectivity index (χ2n) is 7.20. The Hall–Kier alpha value is -2.37. The lowest BCUT2D eigenvalue weighted by Crippen LogP contribution is -2.48. The summed E-state index contributed by atoms with van der Waals surface area (Å²) in [5.41, 5.74) is 2.05. The van der Waals surface area contributed by atoms with Crippen LogP contribution < -0.4 is 10.6 Å². The zero-order chi connectivity index (χ0) is 20.1. The van der Waals surface area contributed by atoms with Gasteiger partial charge in [-0.15, -0.1) is 0 Å². The molecule has 1 aliphatic heterocycles. The van der Waals surface area contributed by atoms with Gasteiger partial charge in [0.2, 0.25) is 5.91 Å². The molecule has 0 radical (unpaired) electrons. The van der Waals surface area contributed by atoms with Crippen LogP contribution in [0.2, 0.25) is 5.02 Å². The van der Waals surface area contributed by atoms with E-state index in [-0.39, 0.29) is 17.7 Å². The van der Waals surface area contributed by atoms with Gasteiger partial charge in [-0.25, -0.2) is 0 Å². The quantitative estimate of drug-likeness (QED) is 0.744. The summed E-state index contributed by atoms with van der Waals surface area (Å²) in [7, 11) is 0. The molecule has 5 nitrogen and oxygen atoms in total. The monoisotopic (exact) mass is 399 g/mol. The van der Waals surface area contributed by atoms with E-state index in [0.717, 1.165) is 18.7 Å². The Bertz CT molecular complexity index is 837. The van der Waals surface area contributed by atoms with Crippen LogP contribution in [0.25, 0.3) is 0 Å². The van der Waals surface area contributed by atoms with Gasteiger partial charge in [0.25, 0.3) is 5.91 Å². The van der Waals surface area contributed by atoms with Crippen molar-refractivity contribution in [3.63, 3.8) is 0 Å². The van der Waals surface area contributed by atoms with Crippen LogP contribution in [-0.4, -0.2) is 36.3 Å². The summed E-state index contributed by atoms with van der Waals surface area (Å²) in [5, 5.41) is 6.49. The largest absolute Gasteiger partial charge is 0.335 e. The first-order valence-electron chi connectivity index (χ1n) is 9.64. The average Bonchev–Trinajstić information content (AvgIpc) is 2.66. The van der Waals surface area contributed by atoms with Crippen molar-refractivity contribution in [2.45, 2.75) is 20.4 Å². The number of hydrogen-bond acceptors (Lipinski definition) is 3. The van der Waals surface area contributed by atoms with Gasteiger partial charge >= 0.3 is 0 Å². The van der Waals surface area contributed by atoms with Crippen molar-refractivity contribution < 1.29 is 9.59 Å². The highest BCUT2D eigenvalue weighted by Gasteiger charge is 2.29. The van der Waals surface area contributed by atoms with Gasteiger partial charge in [0.05, 0.1) is 10.6 Å². The number of anilines is 1. The molecule has 1 fully saturated rings. The number of nitrogens with zero attached hydrogens (tertiary/aromatic N) is 1. The molecule has 0 aliphatic carbocycles. The normalized spacial score (nSPS) is 14.8. The fourth-order valence-corrected chi connectivity index (χ4v) is 3.40. The van der Waals surface area contributed by atoms with Crippen molar-refractivity contribution in [1.29, 1.82) is 0 Å². The Morgan fingerprint density at radius 1 is 1.21 bits per heavy atom. The Morgan fingerprint density at radius 2 is 1.93 bits per heavy atom. The molecule has 0 aromatic heterocycles. The number of hydrogen-bond donors (Lipinski definition) is 2. The van der Waals surface area contributed by atoms with Gasteiger partial charge in [0, 0.05) is 24.7 Å². The number of nitrogens with one attached hydrogen (secondary N) is 2. The first-order chi connectivity index (χ1) is 13.5. The molecule has 1 saturated heterocycles. The molecule has 1 atom stereocenters. The fraction of sp³-hybridized carbons (Fsp3) is 0.364. The maximum atomic E-state index is 13.1. The third-order valence-corrected chi connectivity index (χ3v) is 5.61. The van der Waals surface area contributed by atoms with Gasteiger partial charge in [-0.05, 0) is 49.7 Å². The Labute approximate surface area is 171 Å². The minimum atomic E-state index is -0.149. The summed E-state index contributed by atoms with van der Waals surface area (Å²) in [6, 6.07) is 14.9. The zero-order valence-electron chi connectivity index (χ0n) is 16.2. The summed E-state index contributed by atoms with van der Waals surface area (Å²) in [4.78, 5) is 27.3. The highest BCUT2D eigenvalue weighted by Crippen LogP contribution is 2.24. The fourth-order valence-electron chi connectivity index (χ4n) is 3.20. The Balaban J connectivity index is 1.74. The van der Waals surface area contributed by atoms with E-state index < -0.39 is 0 Å². The maximum absolute atomic E-state index is 13.1. The minimum absolute atomic E-state index is 0.0381. The van der Waals surface area contributed by atoms with Crippen LogP contribution in [-0.2, 0) is 11.3 Å². The molecule has 2 aromatic rings. The van der Waals surface area contributed by atoms with Crippen LogP contribution in [0.1, 0.15) is 29.8 Å². The molecule has 0 saturated carbocycles. The molecule has 28 heavy (non-hydrogen) atoms. The summed E-state index contributed by atoms with van der Waals surface area (Å²) in [6.45, 7) is 6.67. The van der Waals surface area contributed by atoms with Crippen LogP contribution >= 0.6 is 11.6 Å². The molecule has 2 N–H and O–H groups in total. The third-order valence-electron chi connectivity index (χ3n) is 5.28. The first-order valence-corrected chi connectivity index (χ1v) is 10.0. The van der Waals surface area contributed by atoms with Crippen LogP contribution in [0.4, 0.5) is 5.69 Å². The van der Waals surface area contributed by atoms with E-state index in [2.05, 4.69) is 10.6 Å². The van der Waals surface area contributed by atoms with Crippen molar-refractivity contribution in [1.82, 2.24) is 10.2 Å². The van der Waals surface area contributed by atoms with Crippen molar-refractivity contribution >= 4 is 29.1 Å². The molecule has 6 heteroatoms. The van der Waals surface area contributed by atoms with E-state index in [1.54, 1.807) is 23.1 Å². The number of carbonyl (C=O) groups is 2. The van der Waals surface area contributed by atoms with Crippen molar-refractivity contribution in [3.8, 4) is 0 Å². The average molecular weight is 400 g/mol. The van der Waals surface area contributed by atoms with Gasteiger partial charge in [-0.2, -0.15) is 0 Å². The molecule has 3 rings (SSSR count). The van der Waals surface area contributed by atoms with Gasteiger partial charge < -0.3 is 15.5 Å². The van der Waals surface area contributed by atoms with Gasteiger partial charge in [0.1, 0.15) is 0 Å². The van der Waals surface area contributed by atoms with E-state index >= 15 is 0 Å². The van der Waals surface area contributed by atoms with Gasteiger partial charge in [0.15, 0.2) is 0 Å². The standard InChI is InChI=1S/C22H26ClN3O2/c1-3-26(14-16-7-5-4-6-8-16)22(28)19-11-18(9-10-20(19)23)25-21(27)15(2)17-12-24-13-17/h4-11,15,17,24H,3,12-14H2,1-2H3,(H,25,27). The third kappa shape index (κ3) is 4.72. The molecule has 1 aliphatic rings. The predicted molar refractivity (Wildman–Crippen MR) is 112 cm³/mol. The lowest BCUT2D eigenvalue weighted by molar-refractivity contribution is -0.121. The Kier molecular flexibility index (Phi) is 6.70. The van der Waals surface area contributed by atoms with Crippen LogP contribution in [0, 0.1) is 11.8 Å². The molecule has 0 spiro atoms. The number of carbonyl (C=O) groups excluding carboxylic acids is 2. The molecule has 148 valence electrons. The molecule has 2 aromatic carbocycles.